The number of hydrogen-bond acceptors (Lipinski definition) is 3. The van der Waals surface area contributed by atoms with Gasteiger partial charge in [0.05, 0.1) is 0 Å². The van der Waals surface area contributed by atoms with Crippen molar-refractivity contribution < 1.29 is 5.11 Å². The first-order valence-electron chi connectivity index (χ1n) is 7.17. The van der Waals surface area contributed by atoms with Gasteiger partial charge in [-0.1, -0.05) is 34.1 Å². The Morgan fingerprint density at radius 3 is 2.45 bits per heavy atom. The first kappa shape index (κ1) is 14.3. The monoisotopic (exact) mass is 336 g/mol. The Morgan fingerprint density at radius 2 is 1.90 bits per heavy atom. The lowest BCUT2D eigenvalue weighted by Gasteiger charge is -2.53. The second-order valence-electron chi connectivity index (χ2n) is 5.89. The average molecular weight is 337 g/mol. The van der Waals surface area contributed by atoms with Crippen LogP contribution in [0.15, 0.2) is 41.4 Å². The Bertz CT molecular complexity index is 474. The zero-order valence-electron chi connectivity index (χ0n) is 11.6. The molecule has 2 heterocycles. The van der Waals surface area contributed by atoms with Crippen LogP contribution in [0.2, 0.25) is 0 Å². The van der Waals surface area contributed by atoms with Crippen LogP contribution in [0.4, 0.5) is 0 Å². The fourth-order valence-electron chi connectivity index (χ4n) is 3.70. The molecular weight excluding hydrogens is 316 g/mol. The van der Waals surface area contributed by atoms with E-state index in [0.29, 0.717) is 0 Å². The average Bonchev–Trinajstić information content (AvgIpc) is 2.41. The number of aliphatic hydroxyl groups is 1. The number of piperidine rings is 2. The Morgan fingerprint density at radius 1 is 1.30 bits per heavy atom. The summed E-state index contributed by atoms with van der Waals surface area (Å²) in [7, 11) is 0. The molecule has 3 nitrogen and oxygen atoms in total. The molecule has 2 aliphatic rings. The standard InChI is InChI=1S/C16H21BrN2O/c1-2-7-19-10-13-8-18-9-14(11-19)16(13,20)12-3-5-15(17)6-4-12/h2-6,13-14,18,20H,1,7-11H2. The highest BCUT2D eigenvalue weighted by atomic mass is 79.9. The van der Waals surface area contributed by atoms with Gasteiger partial charge in [-0.3, -0.25) is 4.90 Å². The van der Waals surface area contributed by atoms with Gasteiger partial charge in [-0.2, -0.15) is 0 Å². The quantitative estimate of drug-likeness (QED) is 0.828. The van der Waals surface area contributed by atoms with Crippen molar-refractivity contribution in [2.45, 2.75) is 5.60 Å². The molecule has 1 aromatic rings. The normalized spacial score (nSPS) is 33.9. The van der Waals surface area contributed by atoms with Crippen LogP contribution in [0.5, 0.6) is 0 Å². The van der Waals surface area contributed by atoms with Gasteiger partial charge in [-0.05, 0) is 17.7 Å². The summed E-state index contributed by atoms with van der Waals surface area (Å²) in [5.74, 6) is 0.465. The van der Waals surface area contributed by atoms with Crippen molar-refractivity contribution in [3.63, 3.8) is 0 Å². The molecule has 2 fully saturated rings. The van der Waals surface area contributed by atoms with E-state index in [4.69, 9.17) is 0 Å². The first-order chi connectivity index (χ1) is 9.64. The van der Waals surface area contributed by atoms with Gasteiger partial charge >= 0.3 is 0 Å². The maximum atomic E-state index is 11.4. The van der Waals surface area contributed by atoms with Crippen molar-refractivity contribution in [3.05, 3.63) is 47.0 Å². The minimum absolute atomic E-state index is 0.233. The van der Waals surface area contributed by atoms with Crippen LogP contribution in [0, 0.1) is 11.8 Å². The number of rotatable bonds is 3. The summed E-state index contributed by atoms with van der Waals surface area (Å²) < 4.78 is 1.05. The number of hydrogen-bond donors (Lipinski definition) is 2. The SMILES string of the molecule is C=CCN1CC2CNCC(C1)C2(O)c1ccc(Br)cc1. The highest BCUT2D eigenvalue weighted by Gasteiger charge is 2.51. The molecular formula is C16H21BrN2O. The van der Waals surface area contributed by atoms with E-state index >= 15 is 0 Å². The highest BCUT2D eigenvalue weighted by Crippen LogP contribution is 2.43. The molecule has 4 heteroatoms. The summed E-state index contributed by atoms with van der Waals surface area (Å²) in [4.78, 5) is 2.40. The van der Waals surface area contributed by atoms with Crippen molar-refractivity contribution in [1.29, 1.82) is 0 Å². The summed E-state index contributed by atoms with van der Waals surface area (Å²) in [6, 6.07) is 8.15. The number of benzene rings is 1. The molecule has 0 aromatic heterocycles. The van der Waals surface area contributed by atoms with Gasteiger partial charge in [0.25, 0.3) is 0 Å². The minimum atomic E-state index is -0.705. The summed E-state index contributed by atoms with van der Waals surface area (Å²) in [5.41, 5.74) is 0.347. The molecule has 20 heavy (non-hydrogen) atoms. The van der Waals surface area contributed by atoms with Crippen LogP contribution < -0.4 is 5.32 Å². The number of nitrogens with one attached hydrogen (secondary N) is 1. The predicted molar refractivity (Wildman–Crippen MR) is 84.5 cm³/mol. The topological polar surface area (TPSA) is 35.5 Å². The van der Waals surface area contributed by atoms with E-state index in [-0.39, 0.29) is 11.8 Å². The van der Waals surface area contributed by atoms with E-state index in [9.17, 15) is 5.11 Å². The lowest BCUT2D eigenvalue weighted by atomic mass is 9.67. The Balaban J connectivity index is 1.92. The molecule has 2 bridgehead atoms. The van der Waals surface area contributed by atoms with Crippen LogP contribution in [0.1, 0.15) is 5.56 Å². The molecule has 3 rings (SSSR count). The predicted octanol–water partition coefficient (Wildman–Crippen LogP) is 1.97. The second kappa shape index (κ2) is 5.60. The van der Waals surface area contributed by atoms with E-state index in [1.807, 2.05) is 18.2 Å². The number of halogens is 1. The molecule has 2 aliphatic heterocycles. The van der Waals surface area contributed by atoms with Crippen molar-refractivity contribution in [3.8, 4) is 0 Å². The van der Waals surface area contributed by atoms with E-state index < -0.39 is 5.60 Å². The van der Waals surface area contributed by atoms with Crippen LogP contribution in [-0.2, 0) is 5.60 Å². The van der Waals surface area contributed by atoms with Crippen LogP contribution in [0.25, 0.3) is 0 Å². The van der Waals surface area contributed by atoms with Gasteiger partial charge in [-0.25, -0.2) is 0 Å². The molecule has 0 aliphatic carbocycles. The summed E-state index contributed by atoms with van der Waals surface area (Å²) in [5, 5.41) is 14.9. The number of nitrogens with zero attached hydrogens (tertiary/aromatic N) is 1. The van der Waals surface area contributed by atoms with Gasteiger partial charge in [0.2, 0.25) is 0 Å². The van der Waals surface area contributed by atoms with Crippen molar-refractivity contribution in [2.75, 3.05) is 32.7 Å². The summed E-state index contributed by atoms with van der Waals surface area (Å²) in [6.45, 7) is 8.32. The molecule has 0 radical (unpaired) electrons. The smallest absolute Gasteiger partial charge is 0.100 e. The third-order valence-electron chi connectivity index (χ3n) is 4.68. The van der Waals surface area contributed by atoms with Gasteiger partial charge in [0, 0.05) is 49.0 Å². The van der Waals surface area contributed by atoms with E-state index in [1.54, 1.807) is 0 Å². The number of likely N-dealkylation sites (tertiary alicyclic amines) is 1. The zero-order chi connectivity index (χ0) is 14.2. The maximum absolute atomic E-state index is 11.4. The first-order valence-corrected chi connectivity index (χ1v) is 7.96. The van der Waals surface area contributed by atoms with Crippen molar-refractivity contribution >= 4 is 15.9 Å². The van der Waals surface area contributed by atoms with Crippen LogP contribution in [0.3, 0.4) is 0 Å². The second-order valence-corrected chi connectivity index (χ2v) is 6.81. The van der Waals surface area contributed by atoms with Crippen LogP contribution >= 0.6 is 15.9 Å². The van der Waals surface area contributed by atoms with E-state index in [2.05, 4.69) is 44.9 Å². The van der Waals surface area contributed by atoms with Gasteiger partial charge < -0.3 is 10.4 Å². The third kappa shape index (κ3) is 2.35. The fraction of sp³-hybridized carbons (Fsp3) is 0.500. The van der Waals surface area contributed by atoms with Crippen LogP contribution in [-0.4, -0.2) is 42.7 Å². The van der Waals surface area contributed by atoms with E-state index in [0.717, 1.165) is 42.8 Å². The molecule has 1 aromatic carbocycles. The van der Waals surface area contributed by atoms with Crippen molar-refractivity contribution in [1.82, 2.24) is 10.2 Å². The third-order valence-corrected chi connectivity index (χ3v) is 5.21. The van der Waals surface area contributed by atoms with Gasteiger partial charge in [0.1, 0.15) is 5.60 Å². The lowest BCUT2D eigenvalue weighted by Crippen LogP contribution is -2.64. The minimum Gasteiger partial charge on any atom is -0.384 e. The maximum Gasteiger partial charge on any atom is 0.100 e. The molecule has 2 N–H and O–H groups in total. The largest absolute Gasteiger partial charge is 0.384 e. The zero-order valence-corrected chi connectivity index (χ0v) is 13.1. The molecule has 0 spiro atoms. The molecule has 2 atom stereocenters. The lowest BCUT2D eigenvalue weighted by molar-refractivity contribution is -0.136. The number of fused-ring (bicyclic) bond motifs is 2. The highest BCUT2D eigenvalue weighted by molar-refractivity contribution is 9.10. The Labute approximate surface area is 128 Å². The van der Waals surface area contributed by atoms with E-state index in [1.165, 1.54) is 0 Å². The van der Waals surface area contributed by atoms with Crippen molar-refractivity contribution in [2.24, 2.45) is 11.8 Å². The molecule has 0 saturated carbocycles. The van der Waals surface area contributed by atoms with Gasteiger partial charge in [0.15, 0.2) is 0 Å². The molecule has 2 saturated heterocycles. The summed E-state index contributed by atoms with van der Waals surface area (Å²) >= 11 is 3.47. The van der Waals surface area contributed by atoms with Gasteiger partial charge in [-0.15, -0.1) is 6.58 Å². The molecule has 0 amide bonds. The molecule has 2 unspecified atom stereocenters. The fourth-order valence-corrected chi connectivity index (χ4v) is 3.97. The summed E-state index contributed by atoms with van der Waals surface area (Å²) in [6.07, 6.45) is 1.95. The Kier molecular flexibility index (Phi) is 4.00. The molecule has 108 valence electrons. The Hall–Kier alpha value is -0.680.